The van der Waals surface area contributed by atoms with Crippen LogP contribution in [0.15, 0.2) is 144 Å². The Hall–Kier alpha value is -5.08. The molecule has 0 saturated heterocycles. The summed E-state index contributed by atoms with van der Waals surface area (Å²) in [4.78, 5) is 0. The monoisotopic (exact) mass is 521 g/mol. The maximum atomic E-state index is 6.29. The normalized spacial score (nSPS) is 11.5. The van der Waals surface area contributed by atoms with Crippen molar-refractivity contribution in [1.82, 2.24) is 0 Å². The molecule has 0 aliphatic heterocycles. The molecule has 1 radical (unpaired) electrons. The van der Waals surface area contributed by atoms with Gasteiger partial charge in [-0.15, -0.1) is 0 Å². The number of hydrogen-bond acceptors (Lipinski definition) is 1. The van der Waals surface area contributed by atoms with Gasteiger partial charge in [-0.05, 0) is 73.1 Å². The summed E-state index contributed by atoms with van der Waals surface area (Å²) in [5.74, 6) is 0. The molecule has 8 aromatic rings. The summed E-state index contributed by atoms with van der Waals surface area (Å²) < 4.78 is 6.29. The average Bonchev–Trinajstić information content (AvgIpc) is 3.42. The molecule has 1 heterocycles. The quantitative estimate of drug-likeness (QED) is 0.166. The van der Waals surface area contributed by atoms with Crippen LogP contribution in [0.1, 0.15) is 0 Å². The van der Waals surface area contributed by atoms with Gasteiger partial charge in [0, 0.05) is 10.8 Å². The second kappa shape index (κ2) is 9.54. The van der Waals surface area contributed by atoms with Gasteiger partial charge in [0.1, 0.15) is 18.4 Å². The molecular formula is C39H26BO. The summed E-state index contributed by atoms with van der Waals surface area (Å²) in [7, 11) is 2.14. The maximum Gasteiger partial charge on any atom is 0.148 e. The molecule has 0 bridgehead atoms. The summed E-state index contributed by atoms with van der Waals surface area (Å²) in [6, 6.07) is 50.2. The second-order valence-electron chi connectivity index (χ2n) is 10.6. The molecule has 41 heavy (non-hydrogen) atoms. The van der Waals surface area contributed by atoms with E-state index in [4.69, 9.17) is 4.42 Å². The third-order valence-electron chi connectivity index (χ3n) is 8.31. The third kappa shape index (κ3) is 3.79. The van der Waals surface area contributed by atoms with E-state index in [-0.39, 0.29) is 0 Å². The Kier molecular flexibility index (Phi) is 5.53. The van der Waals surface area contributed by atoms with Gasteiger partial charge in [0.25, 0.3) is 0 Å². The topological polar surface area (TPSA) is 13.1 Å². The van der Waals surface area contributed by atoms with Crippen LogP contribution in [0, 0.1) is 0 Å². The summed E-state index contributed by atoms with van der Waals surface area (Å²) in [6.07, 6.45) is 0. The highest BCUT2D eigenvalue weighted by molar-refractivity contribution is 6.52. The Bertz CT molecular complexity index is 2180. The first-order valence-corrected chi connectivity index (χ1v) is 14.1. The predicted octanol–water partition coefficient (Wildman–Crippen LogP) is 10.3. The molecule has 0 aliphatic rings. The van der Waals surface area contributed by atoms with Crippen LogP contribution < -0.4 is 5.46 Å². The van der Waals surface area contributed by atoms with E-state index >= 15 is 0 Å². The minimum absolute atomic E-state index is 0.916. The lowest BCUT2D eigenvalue weighted by Gasteiger charge is -2.18. The van der Waals surface area contributed by atoms with Gasteiger partial charge in [0.15, 0.2) is 0 Å². The molecule has 8 rings (SSSR count). The smallest absolute Gasteiger partial charge is 0.148 e. The van der Waals surface area contributed by atoms with Crippen molar-refractivity contribution in [3.05, 3.63) is 140 Å². The molecule has 0 spiro atoms. The van der Waals surface area contributed by atoms with Crippen molar-refractivity contribution < 1.29 is 4.42 Å². The predicted molar refractivity (Wildman–Crippen MR) is 176 cm³/mol. The van der Waals surface area contributed by atoms with Crippen molar-refractivity contribution in [2.75, 3.05) is 0 Å². The van der Waals surface area contributed by atoms with E-state index in [1.807, 2.05) is 0 Å². The molecular weight excluding hydrogens is 495 g/mol. The highest BCUT2D eigenvalue weighted by atomic mass is 16.3. The molecule has 0 atom stereocenters. The Morgan fingerprint density at radius 2 is 1.02 bits per heavy atom. The first-order valence-electron chi connectivity index (χ1n) is 14.1. The summed E-state index contributed by atoms with van der Waals surface area (Å²) in [6.45, 7) is 2.07. The Morgan fingerprint density at radius 1 is 0.439 bits per heavy atom. The van der Waals surface area contributed by atoms with Crippen LogP contribution in [0.4, 0.5) is 0 Å². The van der Waals surface area contributed by atoms with E-state index in [1.54, 1.807) is 0 Å². The molecule has 2 heteroatoms. The molecule has 191 valence electrons. The fourth-order valence-corrected chi connectivity index (χ4v) is 6.46. The zero-order chi connectivity index (χ0) is 27.3. The van der Waals surface area contributed by atoms with Crippen LogP contribution in [-0.4, -0.2) is 7.28 Å². The van der Waals surface area contributed by atoms with Gasteiger partial charge in [-0.3, -0.25) is 0 Å². The Morgan fingerprint density at radius 3 is 1.71 bits per heavy atom. The summed E-state index contributed by atoms with van der Waals surface area (Å²) in [5, 5.41) is 7.37. The highest BCUT2D eigenvalue weighted by Gasteiger charge is 2.18. The van der Waals surface area contributed by atoms with Crippen LogP contribution in [-0.2, 0) is 0 Å². The van der Waals surface area contributed by atoms with E-state index in [0.717, 1.165) is 21.9 Å². The van der Waals surface area contributed by atoms with Crippen LogP contribution in [0.3, 0.4) is 0 Å². The van der Waals surface area contributed by atoms with Gasteiger partial charge in [-0.2, -0.15) is 0 Å². The molecule has 0 aliphatic carbocycles. The van der Waals surface area contributed by atoms with Gasteiger partial charge in [0.05, 0.1) is 0 Å². The zero-order valence-corrected chi connectivity index (χ0v) is 22.8. The van der Waals surface area contributed by atoms with E-state index in [2.05, 4.69) is 154 Å². The van der Waals surface area contributed by atoms with Crippen molar-refractivity contribution in [1.29, 1.82) is 0 Å². The lowest BCUT2D eigenvalue weighted by Crippen LogP contribution is -2.08. The molecule has 0 fully saturated rings. The number of fused-ring (bicyclic) bond motifs is 5. The number of hydrogen-bond donors (Lipinski definition) is 0. The minimum Gasteiger partial charge on any atom is -0.456 e. The van der Waals surface area contributed by atoms with E-state index < -0.39 is 0 Å². The highest BCUT2D eigenvalue weighted by Crippen LogP contribution is 2.44. The van der Waals surface area contributed by atoms with Crippen molar-refractivity contribution in [3.63, 3.8) is 0 Å². The third-order valence-corrected chi connectivity index (χ3v) is 8.31. The molecule has 0 saturated carbocycles. The fourth-order valence-electron chi connectivity index (χ4n) is 6.46. The van der Waals surface area contributed by atoms with Gasteiger partial charge < -0.3 is 4.42 Å². The van der Waals surface area contributed by atoms with Crippen molar-refractivity contribution in [2.24, 2.45) is 0 Å². The standard InChI is InChI=1S/C39H26BO/c1-40-28-21-22-35-34(24-28)39-29(19-10-20-36(39)41-35)26-13-9-14-27(23-26)38-32-17-7-5-15-30(32)37(25-11-3-2-4-12-25)31-16-6-8-18-33(31)38/h2-24H,1H3. The zero-order valence-electron chi connectivity index (χ0n) is 22.8. The second-order valence-corrected chi connectivity index (χ2v) is 10.6. The number of benzene rings is 7. The maximum absolute atomic E-state index is 6.29. The van der Waals surface area contributed by atoms with Crippen molar-refractivity contribution in [3.8, 4) is 33.4 Å². The van der Waals surface area contributed by atoms with Gasteiger partial charge >= 0.3 is 0 Å². The van der Waals surface area contributed by atoms with Crippen LogP contribution in [0.2, 0.25) is 6.82 Å². The summed E-state index contributed by atoms with van der Waals surface area (Å²) in [5.41, 5.74) is 10.4. The largest absolute Gasteiger partial charge is 0.456 e. The molecule has 0 unspecified atom stereocenters. The lowest BCUT2D eigenvalue weighted by atomic mass is 9.73. The number of furan rings is 1. The van der Waals surface area contributed by atoms with Crippen LogP contribution in [0.5, 0.6) is 0 Å². The lowest BCUT2D eigenvalue weighted by molar-refractivity contribution is 0.669. The first-order chi connectivity index (χ1) is 20.3. The van der Waals surface area contributed by atoms with Crippen molar-refractivity contribution in [2.45, 2.75) is 6.82 Å². The first kappa shape index (κ1) is 23.8. The SMILES string of the molecule is C[B]c1ccc2oc3cccc(-c4cccc(-c5c6ccccc6c(-c6ccccc6)c6ccccc56)c4)c3c2c1. The Balaban J connectivity index is 1.41. The molecule has 0 amide bonds. The van der Waals surface area contributed by atoms with E-state index in [1.165, 1.54) is 60.4 Å². The number of rotatable bonds is 4. The molecule has 0 N–H and O–H groups in total. The van der Waals surface area contributed by atoms with E-state index in [9.17, 15) is 0 Å². The molecule has 7 aromatic carbocycles. The average molecular weight is 521 g/mol. The van der Waals surface area contributed by atoms with Crippen molar-refractivity contribution >= 4 is 56.2 Å². The fraction of sp³-hybridized carbons (Fsp3) is 0.0256. The van der Waals surface area contributed by atoms with Gasteiger partial charge in [0.2, 0.25) is 0 Å². The van der Waals surface area contributed by atoms with Crippen LogP contribution >= 0.6 is 0 Å². The van der Waals surface area contributed by atoms with Crippen LogP contribution in [0.25, 0.3) is 76.9 Å². The Labute approximate surface area is 239 Å². The molecule has 1 nitrogen and oxygen atoms in total. The van der Waals surface area contributed by atoms with E-state index in [0.29, 0.717) is 0 Å². The van der Waals surface area contributed by atoms with Gasteiger partial charge in [-0.25, -0.2) is 0 Å². The molecule has 1 aromatic heterocycles. The van der Waals surface area contributed by atoms with Gasteiger partial charge in [-0.1, -0.05) is 134 Å². The minimum atomic E-state index is 0.916. The summed E-state index contributed by atoms with van der Waals surface area (Å²) >= 11 is 0.